The summed E-state index contributed by atoms with van der Waals surface area (Å²) in [5.41, 5.74) is 1.07. The van der Waals surface area contributed by atoms with E-state index in [1.807, 2.05) is 6.07 Å². The fraction of sp³-hybridized carbons (Fsp3) is 0.333. The first-order valence-electron chi connectivity index (χ1n) is 10.00. The molecule has 11 heteroatoms. The molecule has 32 heavy (non-hydrogen) atoms. The molecule has 1 aliphatic heterocycles. The lowest BCUT2D eigenvalue weighted by Gasteiger charge is -2.31. The van der Waals surface area contributed by atoms with Gasteiger partial charge in [0.15, 0.2) is 0 Å². The number of benzene rings is 1. The van der Waals surface area contributed by atoms with E-state index < -0.39 is 15.9 Å². The summed E-state index contributed by atoms with van der Waals surface area (Å²) in [7, 11) is -3.78. The lowest BCUT2D eigenvalue weighted by atomic mass is 9.98. The smallest absolute Gasteiger partial charge is 0.244 e. The van der Waals surface area contributed by atoms with Gasteiger partial charge in [-0.2, -0.15) is 14.6 Å². The van der Waals surface area contributed by atoms with Crippen molar-refractivity contribution in [2.24, 2.45) is 5.92 Å². The topological polar surface area (TPSA) is 129 Å². The number of nitrogens with zero attached hydrogens (tertiary/aromatic N) is 4. The van der Waals surface area contributed by atoms with E-state index in [1.165, 1.54) is 15.6 Å². The Bertz CT molecular complexity index is 1290. The Kier molecular flexibility index (Phi) is 6.10. The van der Waals surface area contributed by atoms with Crippen molar-refractivity contribution in [1.82, 2.24) is 14.4 Å². The Hall–Kier alpha value is -3.07. The quantitative estimate of drug-likeness (QED) is 0.604. The molecule has 1 atom stereocenters. The summed E-state index contributed by atoms with van der Waals surface area (Å²) in [5, 5.41) is 15.6. The fourth-order valence-corrected chi connectivity index (χ4v) is 6.63. The highest BCUT2D eigenvalue weighted by atomic mass is 32.2. The number of rotatable bonds is 5. The van der Waals surface area contributed by atoms with Crippen LogP contribution in [0.25, 0.3) is 10.7 Å². The predicted molar refractivity (Wildman–Crippen MR) is 118 cm³/mol. The third-order valence-electron chi connectivity index (χ3n) is 5.27. The molecule has 0 bridgehead atoms. The molecule has 1 aliphatic rings. The Morgan fingerprint density at radius 3 is 2.72 bits per heavy atom. The number of piperidine rings is 1. The number of amides is 1. The Morgan fingerprint density at radius 2 is 2.06 bits per heavy atom. The first-order chi connectivity index (χ1) is 15.3. The average Bonchev–Trinajstić information content (AvgIpc) is 3.40. The van der Waals surface area contributed by atoms with Gasteiger partial charge in [-0.25, -0.2) is 8.42 Å². The standard InChI is InChI=1S/C21H21N5O4S2/c1-13-19(10-18(31-13)20-23-14(2)30-25-20)32(28,29)26-9-3-4-16(12-26)21(27)24-17-7-5-15(11-22)6-8-17/h5-8,10,16H,3-4,9,12H2,1-2H3,(H,24,27). The van der Waals surface area contributed by atoms with Crippen molar-refractivity contribution in [2.45, 2.75) is 31.6 Å². The Morgan fingerprint density at radius 1 is 1.31 bits per heavy atom. The second-order valence-electron chi connectivity index (χ2n) is 7.55. The van der Waals surface area contributed by atoms with E-state index >= 15 is 0 Å². The molecule has 0 saturated carbocycles. The van der Waals surface area contributed by atoms with Gasteiger partial charge in [-0.05, 0) is 50.1 Å². The van der Waals surface area contributed by atoms with E-state index in [0.29, 0.717) is 52.1 Å². The number of carbonyl (C=O) groups is 1. The molecule has 1 aromatic carbocycles. The molecular formula is C21H21N5O4S2. The number of aryl methyl sites for hydroxylation is 2. The van der Waals surface area contributed by atoms with Crippen LogP contribution in [0, 0.1) is 31.1 Å². The molecule has 1 N–H and O–H groups in total. The molecule has 0 spiro atoms. The van der Waals surface area contributed by atoms with Crippen LogP contribution in [0.15, 0.2) is 39.8 Å². The molecule has 0 radical (unpaired) electrons. The number of anilines is 1. The van der Waals surface area contributed by atoms with Crippen LogP contribution in [0.3, 0.4) is 0 Å². The van der Waals surface area contributed by atoms with Crippen molar-refractivity contribution >= 4 is 33.0 Å². The third kappa shape index (κ3) is 4.43. The Balaban J connectivity index is 1.50. The molecule has 3 aromatic rings. The second-order valence-corrected chi connectivity index (χ2v) is 10.7. The summed E-state index contributed by atoms with van der Waals surface area (Å²) in [4.78, 5) is 18.4. The summed E-state index contributed by atoms with van der Waals surface area (Å²) in [5.74, 6) is 0.0602. The minimum absolute atomic E-state index is 0.108. The summed E-state index contributed by atoms with van der Waals surface area (Å²) >= 11 is 1.29. The van der Waals surface area contributed by atoms with Crippen molar-refractivity contribution in [1.29, 1.82) is 5.26 Å². The van der Waals surface area contributed by atoms with E-state index in [2.05, 4.69) is 15.5 Å². The second kappa shape index (κ2) is 8.82. The highest BCUT2D eigenvalue weighted by Gasteiger charge is 2.35. The van der Waals surface area contributed by atoms with Gasteiger partial charge >= 0.3 is 0 Å². The number of thiophene rings is 1. The highest BCUT2D eigenvalue weighted by molar-refractivity contribution is 7.89. The maximum atomic E-state index is 13.4. The zero-order valence-corrected chi connectivity index (χ0v) is 19.2. The van der Waals surface area contributed by atoms with E-state index in [-0.39, 0.29) is 17.3 Å². The zero-order valence-electron chi connectivity index (χ0n) is 17.5. The molecule has 1 unspecified atom stereocenters. The van der Waals surface area contributed by atoms with Crippen LogP contribution in [0.5, 0.6) is 0 Å². The molecule has 0 aliphatic carbocycles. The van der Waals surface area contributed by atoms with Gasteiger partial charge in [0, 0.05) is 30.6 Å². The van der Waals surface area contributed by atoms with E-state index in [4.69, 9.17) is 9.78 Å². The maximum absolute atomic E-state index is 13.4. The predicted octanol–water partition coefficient (Wildman–Crippen LogP) is 3.33. The van der Waals surface area contributed by atoms with Crippen molar-refractivity contribution in [3.63, 3.8) is 0 Å². The van der Waals surface area contributed by atoms with Crippen LogP contribution in [0.2, 0.25) is 0 Å². The summed E-state index contributed by atoms with van der Waals surface area (Å²) in [6.45, 7) is 3.88. The van der Waals surface area contributed by atoms with Crippen molar-refractivity contribution in [3.8, 4) is 16.8 Å². The molecule has 1 fully saturated rings. The zero-order chi connectivity index (χ0) is 22.9. The van der Waals surface area contributed by atoms with Crippen molar-refractivity contribution in [3.05, 3.63) is 46.7 Å². The maximum Gasteiger partial charge on any atom is 0.244 e. The number of sulfonamides is 1. The van der Waals surface area contributed by atoms with Crippen LogP contribution in [0.4, 0.5) is 5.69 Å². The highest BCUT2D eigenvalue weighted by Crippen LogP contribution is 2.35. The van der Waals surface area contributed by atoms with Crippen LogP contribution in [-0.2, 0) is 14.8 Å². The minimum atomic E-state index is -3.78. The van der Waals surface area contributed by atoms with E-state index in [0.717, 1.165) is 0 Å². The summed E-state index contributed by atoms with van der Waals surface area (Å²) in [6, 6.07) is 10.2. The monoisotopic (exact) mass is 471 g/mol. The van der Waals surface area contributed by atoms with Crippen molar-refractivity contribution in [2.75, 3.05) is 18.4 Å². The molecule has 1 saturated heterocycles. The third-order valence-corrected chi connectivity index (χ3v) is 8.44. The van der Waals surface area contributed by atoms with E-state index in [9.17, 15) is 13.2 Å². The SMILES string of the molecule is Cc1nc(-c2cc(S(=O)(=O)N3CCCC(C(=O)Nc4ccc(C#N)cc4)C3)c(C)s2)no1. The average molecular weight is 472 g/mol. The molecule has 9 nitrogen and oxygen atoms in total. The normalized spacial score (nSPS) is 17.1. The van der Waals surface area contributed by atoms with Crippen molar-refractivity contribution < 1.29 is 17.7 Å². The summed E-state index contributed by atoms with van der Waals surface area (Å²) in [6.07, 6.45) is 1.19. The van der Waals surface area contributed by atoms with Gasteiger partial charge in [0.2, 0.25) is 27.6 Å². The molecule has 166 valence electrons. The van der Waals surface area contributed by atoms with E-state index in [1.54, 1.807) is 44.2 Å². The van der Waals surface area contributed by atoms with Gasteiger partial charge in [0.1, 0.15) is 0 Å². The van der Waals surface area contributed by atoms with Crippen LogP contribution in [-0.4, -0.2) is 41.9 Å². The van der Waals surface area contributed by atoms with Gasteiger partial charge in [-0.3, -0.25) is 4.79 Å². The number of hydrogen-bond acceptors (Lipinski definition) is 8. The number of aromatic nitrogens is 2. The summed E-state index contributed by atoms with van der Waals surface area (Å²) < 4.78 is 33.1. The number of carbonyl (C=O) groups excluding carboxylic acids is 1. The van der Waals surface area contributed by atoms with Crippen LogP contribution in [0.1, 0.15) is 29.2 Å². The fourth-order valence-electron chi connectivity index (χ4n) is 3.62. The molecule has 3 heterocycles. The molecule has 1 amide bonds. The molecular weight excluding hydrogens is 450 g/mol. The number of nitrogens with one attached hydrogen (secondary N) is 1. The largest absolute Gasteiger partial charge is 0.339 e. The molecule has 2 aromatic heterocycles. The first-order valence-corrected chi connectivity index (χ1v) is 12.3. The van der Waals surface area contributed by atoms with Gasteiger partial charge in [-0.15, -0.1) is 11.3 Å². The number of nitriles is 1. The first kappa shape index (κ1) is 22.1. The van der Waals surface area contributed by atoms with Gasteiger partial charge in [0.05, 0.1) is 27.3 Å². The van der Waals surface area contributed by atoms with Crippen LogP contribution >= 0.6 is 11.3 Å². The minimum Gasteiger partial charge on any atom is -0.339 e. The van der Waals surface area contributed by atoms with Gasteiger partial charge in [0.25, 0.3) is 0 Å². The van der Waals surface area contributed by atoms with Gasteiger partial charge < -0.3 is 9.84 Å². The Labute approximate surface area is 189 Å². The van der Waals surface area contributed by atoms with Crippen LogP contribution < -0.4 is 5.32 Å². The number of hydrogen-bond donors (Lipinski definition) is 1. The lowest BCUT2D eigenvalue weighted by molar-refractivity contribution is -0.120. The lowest BCUT2D eigenvalue weighted by Crippen LogP contribution is -2.43. The van der Waals surface area contributed by atoms with Gasteiger partial charge in [-0.1, -0.05) is 5.16 Å². The molecule has 4 rings (SSSR count).